The zero-order chi connectivity index (χ0) is 28.6. The summed E-state index contributed by atoms with van der Waals surface area (Å²) in [5.41, 5.74) is 7.10. The number of rotatable bonds is 9. The van der Waals surface area contributed by atoms with Crippen LogP contribution in [-0.4, -0.2) is 77.4 Å². The summed E-state index contributed by atoms with van der Waals surface area (Å²) in [5.74, 6) is 0.790. The molecule has 40 heavy (non-hydrogen) atoms. The van der Waals surface area contributed by atoms with Crippen LogP contribution in [0.4, 0.5) is 0 Å². The lowest BCUT2D eigenvalue weighted by atomic mass is 9.83. The molecule has 1 aliphatic carbocycles. The monoisotopic (exact) mass is 564 g/mol. The van der Waals surface area contributed by atoms with Crippen LogP contribution < -0.4 is 5.32 Å². The van der Waals surface area contributed by atoms with E-state index in [0.717, 1.165) is 64.7 Å². The Morgan fingerprint density at radius 2 is 1.93 bits per heavy atom. The number of aromatic amines is 1. The highest BCUT2D eigenvalue weighted by Gasteiger charge is 2.26. The van der Waals surface area contributed by atoms with Gasteiger partial charge in [-0.2, -0.15) is 0 Å². The predicted molar refractivity (Wildman–Crippen MR) is 160 cm³/mol. The Kier molecular flexibility index (Phi) is 8.01. The summed E-state index contributed by atoms with van der Waals surface area (Å²) in [5, 5.41) is 4.42. The van der Waals surface area contributed by atoms with Gasteiger partial charge in [-0.3, -0.25) is 9.78 Å². The summed E-state index contributed by atoms with van der Waals surface area (Å²) in [4.78, 5) is 27.0. The van der Waals surface area contributed by atoms with E-state index in [2.05, 4.69) is 41.3 Å². The van der Waals surface area contributed by atoms with E-state index in [9.17, 15) is 13.2 Å². The van der Waals surface area contributed by atoms with Gasteiger partial charge in [0.25, 0.3) is 0 Å². The van der Waals surface area contributed by atoms with Crippen molar-refractivity contribution in [2.45, 2.75) is 64.0 Å². The molecule has 4 heterocycles. The fraction of sp³-hybridized carbons (Fsp3) is 0.500. The zero-order valence-electron chi connectivity index (χ0n) is 24.1. The van der Waals surface area contributed by atoms with E-state index >= 15 is 0 Å². The lowest BCUT2D eigenvalue weighted by Gasteiger charge is -2.29. The topological polar surface area (TPSA) is 113 Å². The van der Waals surface area contributed by atoms with E-state index in [1.54, 1.807) is 25.2 Å². The van der Waals surface area contributed by atoms with E-state index in [1.165, 1.54) is 11.8 Å². The molecule has 4 aromatic rings. The summed E-state index contributed by atoms with van der Waals surface area (Å²) >= 11 is 0. The first-order valence-corrected chi connectivity index (χ1v) is 16.2. The average molecular weight is 565 g/mol. The predicted octanol–water partition coefficient (Wildman–Crippen LogP) is 4.45. The summed E-state index contributed by atoms with van der Waals surface area (Å²) in [7, 11) is 0.467. The maximum absolute atomic E-state index is 12.0. The van der Waals surface area contributed by atoms with Crippen molar-refractivity contribution in [2.24, 2.45) is 0 Å². The highest BCUT2D eigenvalue weighted by Crippen LogP contribution is 2.40. The van der Waals surface area contributed by atoms with E-state index in [1.807, 2.05) is 22.9 Å². The molecule has 10 heteroatoms. The van der Waals surface area contributed by atoms with Crippen molar-refractivity contribution in [1.29, 1.82) is 0 Å². The average Bonchev–Trinajstić information content (AvgIpc) is 3.48. The molecule has 0 radical (unpaired) electrons. The minimum atomic E-state index is -3.11. The molecule has 0 unspecified atom stereocenters. The fourth-order valence-electron chi connectivity index (χ4n) is 5.84. The Balaban J connectivity index is 1.44. The quantitative estimate of drug-likeness (QED) is 0.311. The Hall–Kier alpha value is -3.24. The number of nitrogens with zero attached hydrogens (tertiary/aromatic N) is 4. The normalized spacial score (nSPS) is 18.1. The van der Waals surface area contributed by atoms with Gasteiger partial charge in [0, 0.05) is 73.5 Å². The summed E-state index contributed by atoms with van der Waals surface area (Å²) in [6.45, 7) is 5.12. The lowest BCUT2D eigenvalue weighted by Crippen LogP contribution is -2.40. The standard InChI is InChI=1S/C30H40N6O3S/c1-19(2)27-28(23-18-36(15-16-40(5,38)39)30-22(23)7-6-14-31-30)34-25-13-12-24(33-29(25)27)20-8-10-21(11-9-20)32-17-26(37)35(3)4/h6-7,12-14,18-21,32,34H,8-11,15-17H2,1-5H3. The van der Waals surface area contributed by atoms with E-state index in [4.69, 9.17) is 4.98 Å². The van der Waals surface area contributed by atoms with Crippen molar-refractivity contribution < 1.29 is 13.2 Å². The summed E-state index contributed by atoms with van der Waals surface area (Å²) in [6, 6.07) is 8.62. The molecule has 1 amide bonds. The molecule has 0 saturated heterocycles. The Bertz CT molecular complexity index is 1630. The Labute approximate surface area is 236 Å². The largest absolute Gasteiger partial charge is 0.353 e. The molecule has 1 fully saturated rings. The second kappa shape index (κ2) is 11.3. The van der Waals surface area contributed by atoms with Crippen LogP contribution in [0.2, 0.25) is 0 Å². The van der Waals surface area contributed by atoms with Gasteiger partial charge in [-0.1, -0.05) is 13.8 Å². The minimum absolute atomic E-state index is 0.0607. The number of amides is 1. The molecule has 0 aliphatic heterocycles. The van der Waals surface area contributed by atoms with Crippen LogP contribution in [0, 0.1) is 0 Å². The van der Waals surface area contributed by atoms with Crippen molar-refractivity contribution >= 4 is 37.8 Å². The molecule has 0 spiro atoms. The van der Waals surface area contributed by atoms with Crippen molar-refractivity contribution in [3.05, 3.63) is 47.9 Å². The van der Waals surface area contributed by atoms with Crippen LogP contribution in [-0.2, 0) is 21.2 Å². The smallest absolute Gasteiger partial charge is 0.236 e. The van der Waals surface area contributed by atoms with E-state index in [0.29, 0.717) is 25.0 Å². The minimum Gasteiger partial charge on any atom is -0.353 e. The molecule has 5 rings (SSSR count). The molecule has 9 nitrogen and oxygen atoms in total. The lowest BCUT2D eigenvalue weighted by molar-refractivity contribution is -0.127. The third kappa shape index (κ3) is 5.93. The number of sulfone groups is 1. The third-order valence-corrected chi connectivity index (χ3v) is 8.99. The van der Waals surface area contributed by atoms with Gasteiger partial charge in [0.15, 0.2) is 0 Å². The molecule has 1 saturated carbocycles. The summed E-state index contributed by atoms with van der Waals surface area (Å²) < 4.78 is 25.7. The fourth-order valence-corrected chi connectivity index (χ4v) is 6.37. The van der Waals surface area contributed by atoms with Crippen molar-refractivity contribution in [3.63, 3.8) is 0 Å². The molecule has 4 aromatic heterocycles. The molecule has 214 valence electrons. The first kappa shape index (κ1) is 28.3. The molecular weight excluding hydrogens is 524 g/mol. The number of carbonyl (C=O) groups excluding carboxylic acids is 1. The third-order valence-electron chi connectivity index (χ3n) is 8.07. The summed E-state index contributed by atoms with van der Waals surface area (Å²) in [6.07, 6.45) is 9.17. The molecule has 0 aromatic carbocycles. The first-order chi connectivity index (χ1) is 19.0. The maximum Gasteiger partial charge on any atom is 0.236 e. The van der Waals surface area contributed by atoms with Crippen molar-refractivity contribution in [1.82, 2.24) is 29.7 Å². The van der Waals surface area contributed by atoms with Crippen LogP contribution in [0.25, 0.3) is 33.3 Å². The van der Waals surface area contributed by atoms with Gasteiger partial charge in [-0.25, -0.2) is 13.4 Å². The van der Waals surface area contributed by atoms with Gasteiger partial charge in [0.05, 0.1) is 29.0 Å². The van der Waals surface area contributed by atoms with Gasteiger partial charge in [0.1, 0.15) is 15.5 Å². The Morgan fingerprint density at radius 1 is 1.18 bits per heavy atom. The number of H-pyrrole nitrogens is 1. The SMILES string of the molecule is CC(C)c1c(-c2cn(CCS(C)(=O)=O)c3ncccc23)[nH]c2ccc(C3CCC(NCC(=O)N(C)C)CC3)nc12. The van der Waals surface area contributed by atoms with Gasteiger partial charge in [0.2, 0.25) is 5.91 Å². The zero-order valence-corrected chi connectivity index (χ0v) is 24.9. The van der Waals surface area contributed by atoms with Crippen LogP contribution in [0.15, 0.2) is 36.7 Å². The molecule has 2 N–H and O–H groups in total. The maximum atomic E-state index is 12.0. The number of likely N-dealkylation sites (N-methyl/N-ethyl adjacent to an activating group) is 1. The van der Waals surface area contributed by atoms with E-state index in [-0.39, 0.29) is 17.6 Å². The Morgan fingerprint density at radius 3 is 2.60 bits per heavy atom. The van der Waals surface area contributed by atoms with Gasteiger partial charge in [-0.15, -0.1) is 0 Å². The number of hydrogen-bond acceptors (Lipinski definition) is 6. The van der Waals surface area contributed by atoms with Crippen LogP contribution in [0.5, 0.6) is 0 Å². The molecule has 0 atom stereocenters. The molecule has 1 aliphatic rings. The van der Waals surface area contributed by atoms with Gasteiger partial charge < -0.3 is 19.8 Å². The highest BCUT2D eigenvalue weighted by molar-refractivity contribution is 7.90. The highest BCUT2D eigenvalue weighted by atomic mass is 32.2. The first-order valence-electron chi connectivity index (χ1n) is 14.1. The second-order valence-electron chi connectivity index (χ2n) is 11.7. The van der Waals surface area contributed by atoms with Crippen molar-refractivity contribution in [2.75, 3.05) is 32.6 Å². The number of aromatic nitrogens is 4. The van der Waals surface area contributed by atoms with Gasteiger partial charge in [-0.05, 0) is 55.9 Å². The van der Waals surface area contributed by atoms with Crippen LogP contribution in [0.1, 0.15) is 62.6 Å². The number of pyridine rings is 2. The van der Waals surface area contributed by atoms with Crippen LogP contribution >= 0.6 is 0 Å². The van der Waals surface area contributed by atoms with Crippen molar-refractivity contribution in [3.8, 4) is 11.3 Å². The number of nitrogens with one attached hydrogen (secondary N) is 2. The number of aryl methyl sites for hydroxylation is 1. The number of hydrogen-bond donors (Lipinski definition) is 2. The molecule has 0 bridgehead atoms. The molecular formula is C30H40N6O3S. The number of carbonyl (C=O) groups is 1. The number of fused-ring (bicyclic) bond motifs is 2. The van der Waals surface area contributed by atoms with Crippen LogP contribution in [0.3, 0.4) is 0 Å². The second-order valence-corrected chi connectivity index (χ2v) is 13.9. The van der Waals surface area contributed by atoms with Gasteiger partial charge >= 0.3 is 0 Å². The van der Waals surface area contributed by atoms with E-state index < -0.39 is 9.84 Å².